The molecule has 1 atom stereocenters. The first-order valence-electron chi connectivity index (χ1n) is 8.85. The van der Waals surface area contributed by atoms with E-state index >= 15 is 0 Å². The summed E-state index contributed by atoms with van der Waals surface area (Å²) >= 11 is 6.55. The SMILES string of the molecule is Clc1ccccc1[C@@H](C[NH2+]Cc1ccccn1)c1c[nH]c2ccccc12. The monoisotopic (exact) mass is 362 g/mol. The molecule has 4 rings (SSSR count). The van der Waals surface area contributed by atoms with Crippen LogP contribution in [-0.4, -0.2) is 16.5 Å². The number of benzene rings is 2. The molecule has 0 unspecified atom stereocenters. The average Bonchev–Trinajstić information content (AvgIpc) is 3.11. The number of quaternary nitrogens is 1. The van der Waals surface area contributed by atoms with Crippen LogP contribution >= 0.6 is 11.6 Å². The van der Waals surface area contributed by atoms with Gasteiger partial charge >= 0.3 is 0 Å². The maximum Gasteiger partial charge on any atom is 0.118 e. The van der Waals surface area contributed by atoms with Gasteiger partial charge in [-0.1, -0.05) is 54.1 Å². The van der Waals surface area contributed by atoms with E-state index in [1.165, 1.54) is 10.9 Å². The van der Waals surface area contributed by atoms with Crippen LogP contribution in [0.2, 0.25) is 5.02 Å². The summed E-state index contributed by atoms with van der Waals surface area (Å²) in [5.41, 5.74) is 4.69. The second-order valence-electron chi connectivity index (χ2n) is 6.41. The third kappa shape index (κ3) is 3.50. The largest absolute Gasteiger partial charge is 0.361 e. The van der Waals surface area contributed by atoms with Gasteiger partial charge in [-0.15, -0.1) is 0 Å². The number of pyridine rings is 1. The fourth-order valence-corrected chi connectivity index (χ4v) is 3.75. The van der Waals surface area contributed by atoms with Crippen LogP contribution in [0.25, 0.3) is 10.9 Å². The Morgan fingerprint density at radius 1 is 0.923 bits per heavy atom. The molecule has 0 aliphatic heterocycles. The summed E-state index contributed by atoms with van der Waals surface area (Å²) in [6.45, 7) is 1.76. The fourth-order valence-electron chi connectivity index (χ4n) is 3.48. The third-order valence-corrected chi connectivity index (χ3v) is 5.10. The highest BCUT2D eigenvalue weighted by atomic mass is 35.5. The number of aromatic nitrogens is 2. The summed E-state index contributed by atoms with van der Waals surface area (Å²) in [6, 6.07) is 22.6. The molecule has 2 aromatic carbocycles. The van der Waals surface area contributed by atoms with E-state index in [4.69, 9.17) is 11.6 Å². The van der Waals surface area contributed by atoms with E-state index in [-0.39, 0.29) is 5.92 Å². The number of nitrogens with one attached hydrogen (secondary N) is 1. The smallest absolute Gasteiger partial charge is 0.118 e. The molecule has 3 N–H and O–H groups in total. The molecule has 0 amide bonds. The zero-order valence-electron chi connectivity index (χ0n) is 14.4. The molecule has 2 heterocycles. The summed E-state index contributed by atoms with van der Waals surface area (Å²) in [5, 5.41) is 4.37. The van der Waals surface area contributed by atoms with Gasteiger partial charge in [0.2, 0.25) is 0 Å². The lowest BCUT2D eigenvalue weighted by Crippen LogP contribution is -2.83. The highest BCUT2D eigenvalue weighted by Crippen LogP contribution is 2.33. The maximum atomic E-state index is 6.55. The molecule has 26 heavy (non-hydrogen) atoms. The van der Waals surface area contributed by atoms with Crippen molar-refractivity contribution in [3.05, 3.63) is 101 Å². The topological polar surface area (TPSA) is 45.3 Å². The Bertz CT molecular complexity index is 994. The van der Waals surface area contributed by atoms with E-state index < -0.39 is 0 Å². The van der Waals surface area contributed by atoms with Crippen molar-refractivity contribution in [2.24, 2.45) is 0 Å². The fraction of sp³-hybridized carbons (Fsp3) is 0.136. The second-order valence-corrected chi connectivity index (χ2v) is 6.82. The Morgan fingerprint density at radius 2 is 1.73 bits per heavy atom. The minimum atomic E-state index is 0.212. The van der Waals surface area contributed by atoms with Crippen LogP contribution in [0.3, 0.4) is 0 Å². The number of hydrogen-bond acceptors (Lipinski definition) is 1. The Kier molecular flexibility index (Phi) is 5.00. The van der Waals surface area contributed by atoms with Crippen molar-refractivity contribution in [2.75, 3.05) is 6.54 Å². The second kappa shape index (κ2) is 7.73. The summed E-state index contributed by atoms with van der Waals surface area (Å²) < 4.78 is 0. The van der Waals surface area contributed by atoms with E-state index in [0.29, 0.717) is 0 Å². The van der Waals surface area contributed by atoms with Crippen molar-refractivity contribution < 1.29 is 5.32 Å². The Morgan fingerprint density at radius 3 is 2.58 bits per heavy atom. The molecular weight excluding hydrogens is 342 g/mol. The van der Waals surface area contributed by atoms with Gasteiger partial charge in [-0.3, -0.25) is 4.98 Å². The summed E-state index contributed by atoms with van der Waals surface area (Å²) in [7, 11) is 0. The number of rotatable bonds is 6. The first kappa shape index (κ1) is 16.8. The first-order chi connectivity index (χ1) is 12.8. The molecule has 0 bridgehead atoms. The first-order valence-corrected chi connectivity index (χ1v) is 9.23. The minimum Gasteiger partial charge on any atom is -0.361 e. The molecule has 130 valence electrons. The predicted octanol–water partition coefficient (Wildman–Crippen LogP) is 4.11. The quantitative estimate of drug-likeness (QED) is 0.532. The molecule has 0 aliphatic rings. The van der Waals surface area contributed by atoms with Crippen molar-refractivity contribution in [3.63, 3.8) is 0 Å². The van der Waals surface area contributed by atoms with E-state index in [0.717, 1.165) is 34.9 Å². The molecule has 0 fully saturated rings. The number of hydrogen-bond donors (Lipinski definition) is 2. The lowest BCUT2D eigenvalue weighted by atomic mass is 9.90. The van der Waals surface area contributed by atoms with E-state index in [1.807, 2.05) is 30.5 Å². The van der Waals surface area contributed by atoms with E-state index in [2.05, 4.69) is 63.9 Å². The molecule has 4 aromatic rings. The number of nitrogens with zero attached hydrogens (tertiary/aromatic N) is 1. The van der Waals surface area contributed by atoms with E-state index in [9.17, 15) is 0 Å². The van der Waals surface area contributed by atoms with Crippen LogP contribution in [0.4, 0.5) is 0 Å². The summed E-state index contributed by atoms with van der Waals surface area (Å²) in [4.78, 5) is 7.81. The molecule has 0 saturated heterocycles. The maximum absolute atomic E-state index is 6.55. The summed E-state index contributed by atoms with van der Waals surface area (Å²) in [5.74, 6) is 0.212. The lowest BCUT2D eigenvalue weighted by Gasteiger charge is -2.17. The van der Waals surface area contributed by atoms with Crippen molar-refractivity contribution in [1.29, 1.82) is 0 Å². The van der Waals surface area contributed by atoms with Gasteiger partial charge in [0.25, 0.3) is 0 Å². The molecule has 2 aromatic heterocycles. The van der Waals surface area contributed by atoms with Gasteiger partial charge in [0, 0.05) is 28.3 Å². The van der Waals surface area contributed by atoms with Gasteiger partial charge in [-0.25, -0.2) is 0 Å². The number of H-pyrrole nitrogens is 1. The van der Waals surface area contributed by atoms with Gasteiger partial charge < -0.3 is 10.3 Å². The average molecular weight is 363 g/mol. The number of fused-ring (bicyclic) bond motifs is 1. The minimum absolute atomic E-state index is 0.212. The van der Waals surface area contributed by atoms with Gasteiger partial charge in [0.05, 0.1) is 18.2 Å². The van der Waals surface area contributed by atoms with Crippen LogP contribution in [0.1, 0.15) is 22.7 Å². The standard InChI is InChI=1S/C22H20ClN3/c23-21-10-3-1-8-17(21)19(14-24-13-16-7-5-6-12-25-16)20-15-26-22-11-4-2-9-18(20)22/h1-12,15,19,24,26H,13-14H2/p+1/t19-/m1/s1. The van der Waals surface area contributed by atoms with Gasteiger partial charge in [0.1, 0.15) is 6.54 Å². The third-order valence-electron chi connectivity index (χ3n) is 4.76. The molecule has 4 heteroatoms. The molecule has 0 aliphatic carbocycles. The van der Waals surface area contributed by atoms with Crippen LogP contribution in [0.5, 0.6) is 0 Å². The lowest BCUT2D eigenvalue weighted by molar-refractivity contribution is -0.672. The van der Waals surface area contributed by atoms with E-state index in [1.54, 1.807) is 0 Å². The van der Waals surface area contributed by atoms with Gasteiger partial charge in [0.15, 0.2) is 0 Å². The van der Waals surface area contributed by atoms with Crippen LogP contribution in [0, 0.1) is 0 Å². The normalized spacial score (nSPS) is 12.3. The Labute approximate surface area is 158 Å². The molecular formula is C22H21ClN3+. The Balaban J connectivity index is 1.65. The van der Waals surface area contributed by atoms with Gasteiger partial charge in [-0.05, 0) is 35.4 Å². The van der Waals surface area contributed by atoms with Crippen molar-refractivity contribution in [1.82, 2.24) is 9.97 Å². The number of para-hydroxylation sites is 1. The van der Waals surface area contributed by atoms with Crippen LogP contribution in [-0.2, 0) is 6.54 Å². The molecule has 0 radical (unpaired) electrons. The molecule has 0 spiro atoms. The summed E-state index contributed by atoms with van der Waals surface area (Å²) in [6.07, 6.45) is 3.96. The van der Waals surface area contributed by atoms with Crippen molar-refractivity contribution in [3.8, 4) is 0 Å². The van der Waals surface area contributed by atoms with Crippen LogP contribution in [0.15, 0.2) is 79.1 Å². The van der Waals surface area contributed by atoms with Gasteiger partial charge in [-0.2, -0.15) is 0 Å². The van der Waals surface area contributed by atoms with Crippen molar-refractivity contribution in [2.45, 2.75) is 12.5 Å². The highest BCUT2D eigenvalue weighted by molar-refractivity contribution is 6.31. The number of nitrogens with two attached hydrogens (primary N) is 1. The Hall–Kier alpha value is -2.62. The highest BCUT2D eigenvalue weighted by Gasteiger charge is 2.22. The zero-order chi connectivity index (χ0) is 17.8. The number of halogens is 1. The molecule has 0 saturated carbocycles. The zero-order valence-corrected chi connectivity index (χ0v) is 15.2. The van der Waals surface area contributed by atoms with Crippen LogP contribution < -0.4 is 5.32 Å². The predicted molar refractivity (Wildman–Crippen MR) is 106 cm³/mol. The molecule has 3 nitrogen and oxygen atoms in total. The number of aromatic amines is 1. The van der Waals surface area contributed by atoms with Crippen molar-refractivity contribution >= 4 is 22.5 Å².